The first-order chi connectivity index (χ1) is 10.0. The van der Waals surface area contributed by atoms with Gasteiger partial charge in [-0.1, -0.05) is 38.1 Å². The number of hydrogen-bond donors (Lipinski definition) is 1. The fourth-order valence-electron chi connectivity index (χ4n) is 3.79. The molecule has 3 aromatic rings. The van der Waals surface area contributed by atoms with E-state index in [9.17, 15) is 0 Å². The molecule has 21 heavy (non-hydrogen) atoms. The van der Waals surface area contributed by atoms with Gasteiger partial charge in [0.05, 0.1) is 12.8 Å². The highest BCUT2D eigenvalue weighted by molar-refractivity contribution is 5.98. The van der Waals surface area contributed by atoms with Crippen LogP contribution < -0.4 is 4.74 Å². The Morgan fingerprint density at radius 2 is 1.86 bits per heavy atom. The van der Waals surface area contributed by atoms with Crippen LogP contribution in [0.15, 0.2) is 36.4 Å². The highest BCUT2D eigenvalue weighted by Gasteiger charge is 2.38. The lowest BCUT2D eigenvalue weighted by molar-refractivity contribution is 0.415. The standard InChI is InChI=1S/C19H19NO/c1-11-9-12(21-4)10-14-16-18(20-17(11)14)13-7-5-6-8-15(13)19(16,2)3/h5-10,20H,1-4H3. The van der Waals surface area contributed by atoms with Gasteiger partial charge in [-0.2, -0.15) is 0 Å². The molecule has 1 N–H and O–H groups in total. The number of aromatic nitrogens is 1. The summed E-state index contributed by atoms with van der Waals surface area (Å²) in [5.74, 6) is 0.925. The summed E-state index contributed by atoms with van der Waals surface area (Å²) in [6.45, 7) is 6.74. The third-order valence-corrected chi connectivity index (χ3v) is 4.81. The van der Waals surface area contributed by atoms with Crippen molar-refractivity contribution < 1.29 is 4.74 Å². The Hall–Kier alpha value is -2.22. The molecule has 0 radical (unpaired) electrons. The van der Waals surface area contributed by atoms with Crippen molar-refractivity contribution in [3.8, 4) is 17.0 Å². The van der Waals surface area contributed by atoms with Crippen molar-refractivity contribution in [1.29, 1.82) is 0 Å². The van der Waals surface area contributed by atoms with Crippen molar-refractivity contribution in [3.05, 3.63) is 53.1 Å². The molecule has 106 valence electrons. The Bertz CT molecular complexity index is 871. The van der Waals surface area contributed by atoms with Crippen LogP contribution in [0.2, 0.25) is 0 Å². The number of nitrogens with one attached hydrogen (secondary N) is 1. The number of hydrogen-bond acceptors (Lipinski definition) is 1. The molecule has 0 saturated carbocycles. The van der Waals surface area contributed by atoms with Gasteiger partial charge in [-0.25, -0.2) is 0 Å². The monoisotopic (exact) mass is 277 g/mol. The Balaban J connectivity index is 2.15. The Labute approximate surface area is 124 Å². The number of fused-ring (bicyclic) bond motifs is 5. The van der Waals surface area contributed by atoms with Crippen LogP contribution in [0.25, 0.3) is 22.2 Å². The van der Waals surface area contributed by atoms with E-state index in [1.165, 1.54) is 38.9 Å². The van der Waals surface area contributed by atoms with E-state index in [1.54, 1.807) is 7.11 Å². The normalized spacial score (nSPS) is 15.0. The fourth-order valence-corrected chi connectivity index (χ4v) is 3.79. The molecule has 2 nitrogen and oxygen atoms in total. The first kappa shape index (κ1) is 12.5. The summed E-state index contributed by atoms with van der Waals surface area (Å²) < 4.78 is 5.46. The number of aromatic amines is 1. The number of ether oxygens (including phenoxy) is 1. The molecule has 0 bridgehead atoms. The van der Waals surface area contributed by atoms with Crippen molar-refractivity contribution in [3.63, 3.8) is 0 Å². The van der Waals surface area contributed by atoms with Crippen LogP contribution in [-0.2, 0) is 5.41 Å². The second-order valence-electron chi connectivity index (χ2n) is 6.41. The molecule has 1 heterocycles. The van der Waals surface area contributed by atoms with E-state index in [4.69, 9.17) is 4.74 Å². The Morgan fingerprint density at radius 1 is 1.10 bits per heavy atom. The van der Waals surface area contributed by atoms with Crippen LogP contribution in [0.5, 0.6) is 5.75 Å². The smallest absolute Gasteiger partial charge is 0.119 e. The Morgan fingerprint density at radius 3 is 2.62 bits per heavy atom. The number of methoxy groups -OCH3 is 1. The number of H-pyrrole nitrogens is 1. The molecule has 0 fully saturated rings. The molecule has 0 aliphatic heterocycles. The maximum absolute atomic E-state index is 5.46. The molecule has 1 aliphatic rings. The minimum Gasteiger partial charge on any atom is -0.497 e. The minimum absolute atomic E-state index is 0.0168. The summed E-state index contributed by atoms with van der Waals surface area (Å²) in [5.41, 5.74) is 7.85. The SMILES string of the molecule is COc1cc(C)c2[nH]c3c(c2c1)C(C)(C)c1ccccc1-3. The summed E-state index contributed by atoms with van der Waals surface area (Å²) in [4.78, 5) is 3.65. The van der Waals surface area contributed by atoms with Gasteiger partial charge in [0.1, 0.15) is 5.75 Å². The zero-order valence-corrected chi connectivity index (χ0v) is 12.9. The van der Waals surface area contributed by atoms with Crippen molar-refractivity contribution >= 4 is 10.9 Å². The predicted molar refractivity (Wildman–Crippen MR) is 87.2 cm³/mol. The zero-order chi connectivity index (χ0) is 14.8. The fraction of sp³-hybridized carbons (Fsp3) is 0.263. The summed E-state index contributed by atoms with van der Waals surface area (Å²) in [7, 11) is 1.73. The average molecular weight is 277 g/mol. The van der Waals surface area contributed by atoms with E-state index in [-0.39, 0.29) is 5.41 Å². The largest absolute Gasteiger partial charge is 0.497 e. The molecular formula is C19H19NO. The van der Waals surface area contributed by atoms with Gasteiger partial charge in [0, 0.05) is 21.9 Å². The van der Waals surface area contributed by atoms with E-state index in [0.717, 1.165) is 5.75 Å². The van der Waals surface area contributed by atoms with Gasteiger partial charge in [0.15, 0.2) is 0 Å². The highest BCUT2D eigenvalue weighted by atomic mass is 16.5. The zero-order valence-electron chi connectivity index (χ0n) is 12.9. The molecule has 2 heteroatoms. The average Bonchev–Trinajstić information content (AvgIpc) is 2.96. The van der Waals surface area contributed by atoms with E-state index in [2.05, 4.69) is 62.2 Å². The van der Waals surface area contributed by atoms with Crippen LogP contribution in [0.1, 0.15) is 30.5 Å². The van der Waals surface area contributed by atoms with Crippen LogP contribution in [-0.4, -0.2) is 12.1 Å². The summed E-state index contributed by atoms with van der Waals surface area (Å²) in [6, 6.07) is 12.9. The van der Waals surface area contributed by atoms with Crippen molar-refractivity contribution in [2.45, 2.75) is 26.2 Å². The minimum atomic E-state index is 0.0168. The van der Waals surface area contributed by atoms with E-state index >= 15 is 0 Å². The highest BCUT2D eigenvalue weighted by Crippen LogP contribution is 2.51. The molecule has 0 spiro atoms. The number of rotatable bonds is 1. The van der Waals surface area contributed by atoms with Crippen LogP contribution >= 0.6 is 0 Å². The second kappa shape index (κ2) is 3.91. The Kier molecular flexibility index (Phi) is 2.33. The maximum atomic E-state index is 5.46. The molecule has 4 rings (SSSR count). The quantitative estimate of drug-likeness (QED) is 0.679. The molecule has 1 aromatic heterocycles. The summed E-state index contributed by atoms with van der Waals surface area (Å²) >= 11 is 0. The molecular weight excluding hydrogens is 258 g/mol. The van der Waals surface area contributed by atoms with Crippen LogP contribution in [0, 0.1) is 6.92 Å². The van der Waals surface area contributed by atoms with Gasteiger partial charge in [-0.3, -0.25) is 0 Å². The van der Waals surface area contributed by atoms with Gasteiger partial charge in [0.25, 0.3) is 0 Å². The summed E-state index contributed by atoms with van der Waals surface area (Å²) in [5, 5.41) is 1.28. The van der Waals surface area contributed by atoms with Gasteiger partial charge in [0.2, 0.25) is 0 Å². The first-order valence-corrected chi connectivity index (χ1v) is 7.34. The molecule has 0 saturated heterocycles. The number of benzene rings is 2. The third kappa shape index (κ3) is 1.48. The second-order valence-corrected chi connectivity index (χ2v) is 6.41. The molecule has 0 amide bonds. The summed E-state index contributed by atoms with van der Waals surface area (Å²) in [6.07, 6.45) is 0. The van der Waals surface area contributed by atoms with Crippen molar-refractivity contribution in [1.82, 2.24) is 4.98 Å². The lowest BCUT2D eigenvalue weighted by Crippen LogP contribution is -2.14. The lowest BCUT2D eigenvalue weighted by Gasteiger charge is -2.21. The molecule has 0 atom stereocenters. The first-order valence-electron chi connectivity index (χ1n) is 7.34. The van der Waals surface area contributed by atoms with Crippen LogP contribution in [0.3, 0.4) is 0 Å². The van der Waals surface area contributed by atoms with Gasteiger partial charge >= 0.3 is 0 Å². The predicted octanol–water partition coefficient (Wildman–Crippen LogP) is 4.79. The molecule has 0 unspecified atom stereocenters. The lowest BCUT2D eigenvalue weighted by atomic mass is 9.81. The van der Waals surface area contributed by atoms with Crippen LogP contribution in [0.4, 0.5) is 0 Å². The van der Waals surface area contributed by atoms with E-state index in [1.807, 2.05) is 0 Å². The van der Waals surface area contributed by atoms with Gasteiger partial charge in [-0.05, 0) is 35.7 Å². The third-order valence-electron chi connectivity index (χ3n) is 4.81. The van der Waals surface area contributed by atoms with E-state index < -0.39 is 0 Å². The maximum Gasteiger partial charge on any atom is 0.119 e. The van der Waals surface area contributed by atoms with Gasteiger partial charge < -0.3 is 9.72 Å². The topological polar surface area (TPSA) is 25.0 Å². The molecule has 2 aromatic carbocycles. The van der Waals surface area contributed by atoms with Crippen molar-refractivity contribution in [2.75, 3.05) is 7.11 Å². The van der Waals surface area contributed by atoms with Gasteiger partial charge in [-0.15, -0.1) is 0 Å². The molecule has 1 aliphatic carbocycles. The van der Waals surface area contributed by atoms with Crippen molar-refractivity contribution in [2.24, 2.45) is 0 Å². The number of aryl methyl sites for hydroxylation is 1. The van der Waals surface area contributed by atoms with E-state index in [0.29, 0.717) is 0 Å².